The normalized spacial score (nSPS) is 15.8. The van der Waals surface area contributed by atoms with E-state index >= 15 is 0 Å². The summed E-state index contributed by atoms with van der Waals surface area (Å²) in [5, 5.41) is 5.32. The number of amides is 1. The predicted molar refractivity (Wildman–Crippen MR) is 102 cm³/mol. The van der Waals surface area contributed by atoms with Crippen LogP contribution in [0.25, 0.3) is 22.6 Å². The molecule has 0 spiro atoms. The molecule has 4 heterocycles. The Morgan fingerprint density at radius 1 is 1.07 bits per heavy atom. The number of carbonyl (C=O) groups is 1. The highest BCUT2D eigenvalue weighted by molar-refractivity contribution is 6.05. The molecular formula is C20H17N7O. The lowest BCUT2D eigenvalue weighted by Crippen LogP contribution is -2.28. The molecule has 8 nitrogen and oxygen atoms in total. The lowest BCUT2D eigenvalue weighted by atomic mass is 10.1. The topological polar surface area (TPSA) is 89.7 Å². The number of aromatic nitrogens is 6. The quantitative estimate of drug-likeness (QED) is 0.538. The summed E-state index contributed by atoms with van der Waals surface area (Å²) < 4.78 is 1.74. The molecule has 1 unspecified atom stereocenters. The standard InChI is InChI=1S/C20H17N7O/c1-12-14-10-23-19(18-21-8-5-9-22-18)24-15(14)11-27(12)20(28)17-13-6-3-4-7-16(13)26(2)25-17/h3-10,12H,11H2,1-2H3. The zero-order valence-corrected chi connectivity index (χ0v) is 15.4. The van der Waals surface area contributed by atoms with Crippen LogP contribution in [-0.2, 0) is 13.6 Å². The monoisotopic (exact) mass is 371 g/mol. The van der Waals surface area contributed by atoms with E-state index in [4.69, 9.17) is 0 Å². The molecule has 0 fully saturated rings. The van der Waals surface area contributed by atoms with Gasteiger partial charge < -0.3 is 4.90 Å². The Morgan fingerprint density at radius 3 is 2.68 bits per heavy atom. The van der Waals surface area contributed by atoms with Crippen LogP contribution >= 0.6 is 0 Å². The second-order valence-electron chi connectivity index (χ2n) is 6.77. The largest absolute Gasteiger partial charge is 0.324 e. The van der Waals surface area contributed by atoms with Crippen molar-refractivity contribution in [1.82, 2.24) is 34.6 Å². The van der Waals surface area contributed by atoms with Crippen molar-refractivity contribution in [3.8, 4) is 11.6 Å². The third-order valence-electron chi connectivity index (χ3n) is 5.12. The van der Waals surface area contributed by atoms with Crippen molar-refractivity contribution in [3.05, 3.63) is 65.9 Å². The highest BCUT2D eigenvalue weighted by Crippen LogP contribution is 2.34. The molecule has 4 aromatic rings. The van der Waals surface area contributed by atoms with Crippen LogP contribution in [0.4, 0.5) is 0 Å². The van der Waals surface area contributed by atoms with E-state index in [1.165, 1.54) is 0 Å². The first-order valence-electron chi connectivity index (χ1n) is 8.99. The average Bonchev–Trinajstić information content (AvgIpc) is 3.25. The summed E-state index contributed by atoms with van der Waals surface area (Å²) in [4.78, 5) is 32.5. The minimum atomic E-state index is -0.131. The summed E-state index contributed by atoms with van der Waals surface area (Å²) >= 11 is 0. The Bertz CT molecular complexity index is 1200. The first kappa shape index (κ1) is 16.5. The molecule has 0 bridgehead atoms. The molecule has 0 N–H and O–H groups in total. The van der Waals surface area contributed by atoms with Gasteiger partial charge in [0, 0.05) is 36.6 Å². The van der Waals surface area contributed by atoms with Gasteiger partial charge in [0.15, 0.2) is 17.3 Å². The second kappa shape index (κ2) is 6.19. The third kappa shape index (κ3) is 2.45. The van der Waals surface area contributed by atoms with Gasteiger partial charge in [0.1, 0.15) is 0 Å². The molecule has 0 radical (unpaired) electrons. The number of rotatable bonds is 2. The van der Waals surface area contributed by atoms with Gasteiger partial charge in [0.2, 0.25) is 0 Å². The predicted octanol–water partition coefficient (Wildman–Crippen LogP) is 2.54. The summed E-state index contributed by atoms with van der Waals surface area (Å²) in [5.41, 5.74) is 3.14. The number of aryl methyl sites for hydroxylation is 1. The van der Waals surface area contributed by atoms with Gasteiger partial charge in [-0.2, -0.15) is 5.10 Å². The zero-order valence-electron chi connectivity index (χ0n) is 15.4. The van der Waals surface area contributed by atoms with Crippen molar-refractivity contribution in [3.63, 3.8) is 0 Å². The summed E-state index contributed by atoms with van der Waals surface area (Å²) in [5.74, 6) is 0.822. The fraction of sp³-hybridized carbons (Fsp3) is 0.200. The van der Waals surface area contributed by atoms with E-state index < -0.39 is 0 Å². The SMILES string of the molecule is CC1c2cnc(-c3ncccn3)nc2CN1C(=O)c1nn(C)c2ccccc12. The van der Waals surface area contributed by atoms with Crippen molar-refractivity contribution in [2.75, 3.05) is 0 Å². The summed E-state index contributed by atoms with van der Waals surface area (Å²) in [7, 11) is 1.85. The Hall–Kier alpha value is -3.68. The molecule has 138 valence electrons. The Balaban J connectivity index is 1.50. The van der Waals surface area contributed by atoms with E-state index in [1.54, 1.807) is 34.2 Å². The van der Waals surface area contributed by atoms with Gasteiger partial charge in [0.25, 0.3) is 5.91 Å². The number of hydrogen-bond donors (Lipinski definition) is 0. The van der Waals surface area contributed by atoms with E-state index in [2.05, 4.69) is 25.0 Å². The van der Waals surface area contributed by atoms with Gasteiger partial charge in [-0.3, -0.25) is 9.48 Å². The highest BCUT2D eigenvalue weighted by Gasteiger charge is 2.34. The Labute approximate surface area is 160 Å². The number of fused-ring (bicyclic) bond motifs is 2. The number of nitrogens with zero attached hydrogens (tertiary/aromatic N) is 7. The first-order chi connectivity index (χ1) is 13.6. The molecule has 3 aromatic heterocycles. The third-order valence-corrected chi connectivity index (χ3v) is 5.12. The van der Waals surface area contributed by atoms with Gasteiger partial charge >= 0.3 is 0 Å². The van der Waals surface area contributed by atoms with Crippen molar-refractivity contribution in [2.24, 2.45) is 7.05 Å². The van der Waals surface area contributed by atoms with Crippen LogP contribution in [-0.4, -0.2) is 40.5 Å². The molecule has 5 rings (SSSR count). The van der Waals surface area contributed by atoms with E-state index in [0.717, 1.165) is 22.2 Å². The van der Waals surface area contributed by atoms with E-state index in [9.17, 15) is 4.79 Å². The van der Waals surface area contributed by atoms with Crippen LogP contribution in [0.3, 0.4) is 0 Å². The molecule has 1 aliphatic rings. The molecule has 1 atom stereocenters. The fourth-order valence-electron chi connectivity index (χ4n) is 3.65. The molecule has 0 saturated carbocycles. The number of carbonyl (C=O) groups excluding carboxylic acids is 1. The average molecular weight is 371 g/mol. The molecule has 1 aromatic carbocycles. The van der Waals surface area contributed by atoms with Crippen molar-refractivity contribution in [1.29, 1.82) is 0 Å². The Kier molecular flexibility index (Phi) is 3.65. The van der Waals surface area contributed by atoms with Crippen molar-refractivity contribution >= 4 is 16.8 Å². The lowest BCUT2D eigenvalue weighted by Gasteiger charge is -2.20. The van der Waals surface area contributed by atoms with Crippen LogP contribution in [0.1, 0.15) is 34.7 Å². The molecular weight excluding hydrogens is 354 g/mol. The second-order valence-corrected chi connectivity index (χ2v) is 6.77. The minimum absolute atomic E-state index is 0.111. The van der Waals surface area contributed by atoms with Crippen LogP contribution in [0.15, 0.2) is 48.9 Å². The maximum absolute atomic E-state index is 13.3. The molecule has 1 aliphatic heterocycles. The smallest absolute Gasteiger partial charge is 0.275 e. The van der Waals surface area contributed by atoms with Crippen LogP contribution in [0, 0.1) is 0 Å². The van der Waals surface area contributed by atoms with E-state index in [-0.39, 0.29) is 11.9 Å². The fourth-order valence-corrected chi connectivity index (χ4v) is 3.65. The highest BCUT2D eigenvalue weighted by atomic mass is 16.2. The van der Waals surface area contributed by atoms with Gasteiger partial charge in [-0.05, 0) is 19.1 Å². The minimum Gasteiger partial charge on any atom is -0.324 e. The Morgan fingerprint density at radius 2 is 1.86 bits per heavy atom. The van der Waals surface area contributed by atoms with Gasteiger partial charge in [-0.1, -0.05) is 18.2 Å². The lowest BCUT2D eigenvalue weighted by molar-refractivity contribution is 0.0699. The van der Waals surface area contributed by atoms with Crippen molar-refractivity contribution in [2.45, 2.75) is 19.5 Å². The summed E-state index contributed by atoms with van der Waals surface area (Å²) in [6.45, 7) is 2.39. The molecule has 0 saturated heterocycles. The molecule has 28 heavy (non-hydrogen) atoms. The van der Waals surface area contributed by atoms with Crippen molar-refractivity contribution < 1.29 is 4.79 Å². The molecule has 8 heteroatoms. The summed E-state index contributed by atoms with van der Waals surface area (Å²) in [6, 6.07) is 9.36. The summed E-state index contributed by atoms with van der Waals surface area (Å²) in [6.07, 6.45) is 5.08. The maximum atomic E-state index is 13.3. The number of benzene rings is 1. The van der Waals surface area contributed by atoms with Gasteiger partial charge in [-0.25, -0.2) is 19.9 Å². The van der Waals surface area contributed by atoms with Gasteiger partial charge in [-0.15, -0.1) is 0 Å². The van der Waals surface area contributed by atoms with Gasteiger partial charge in [0.05, 0.1) is 23.8 Å². The number of para-hydroxylation sites is 1. The first-order valence-corrected chi connectivity index (χ1v) is 8.99. The maximum Gasteiger partial charge on any atom is 0.275 e. The zero-order chi connectivity index (χ0) is 19.3. The number of hydrogen-bond acceptors (Lipinski definition) is 6. The molecule has 1 amide bonds. The van der Waals surface area contributed by atoms with E-state index in [1.807, 2.05) is 38.2 Å². The van der Waals surface area contributed by atoms with Crippen LogP contribution in [0.2, 0.25) is 0 Å². The van der Waals surface area contributed by atoms with Crippen LogP contribution in [0.5, 0.6) is 0 Å². The van der Waals surface area contributed by atoms with E-state index in [0.29, 0.717) is 23.9 Å². The van der Waals surface area contributed by atoms with Crippen LogP contribution < -0.4 is 0 Å². The molecule has 0 aliphatic carbocycles.